The number of carbonyl (C=O) groups excluding carboxylic acids is 2. The number of hydrogen-bond donors (Lipinski definition) is 1. The molecule has 2 rings (SSSR count). The van der Waals surface area contributed by atoms with Crippen LogP contribution in [0.15, 0.2) is 24.3 Å². The molecule has 2 unspecified atom stereocenters. The molecule has 1 aliphatic rings. The molecule has 0 spiro atoms. The lowest BCUT2D eigenvalue weighted by Crippen LogP contribution is -2.58. The summed E-state index contributed by atoms with van der Waals surface area (Å²) >= 11 is 6.33. The summed E-state index contributed by atoms with van der Waals surface area (Å²) < 4.78 is 10.7. The van der Waals surface area contributed by atoms with Crippen LogP contribution in [-0.2, 0) is 19.8 Å². The van der Waals surface area contributed by atoms with Crippen LogP contribution in [0.2, 0.25) is 5.02 Å². The summed E-state index contributed by atoms with van der Waals surface area (Å²) in [5.41, 5.74) is -1.33. The molecule has 1 N–H and O–H groups in total. The van der Waals surface area contributed by atoms with Gasteiger partial charge in [-0.15, -0.1) is 0 Å². The van der Waals surface area contributed by atoms with E-state index in [2.05, 4.69) is 5.32 Å². The lowest BCUT2D eigenvalue weighted by molar-refractivity contribution is -0.140. The molecule has 0 aliphatic heterocycles. The maximum Gasteiger partial charge on any atom is 0.408 e. The van der Waals surface area contributed by atoms with Crippen LogP contribution in [-0.4, -0.2) is 30.7 Å². The van der Waals surface area contributed by atoms with Gasteiger partial charge in [0.25, 0.3) is 0 Å². The summed E-state index contributed by atoms with van der Waals surface area (Å²) in [4.78, 5) is 25.5. The SMILES string of the molecule is COC1CCCC(NC(=O)OC(C)(C)C)(c2ccccc2Cl)C1=O. The van der Waals surface area contributed by atoms with Gasteiger partial charge in [0.15, 0.2) is 5.78 Å². The zero-order valence-corrected chi connectivity index (χ0v) is 15.3. The van der Waals surface area contributed by atoms with Crippen LogP contribution in [0, 0.1) is 0 Å². The smallest absolute Gasteiger partial charge is 0.408 e. The molecule has 0 bridgehead atoms. The van der Waals surface area contributed by atoms with Crippen molar-refractivity contribution in [2.24, 2.45) is 0 Å². The fraction of sp³-hybridized carbons (Fsp3) is 0.556. The van der Waals surface area contributed by atoms with Gasteiger partial charge in [-0.2, -0.15) is 0 Å². The molecule has 1 aromatic carbocycles. The van der Waals surface area contributed by atoms with E-state index in [4.69, 9.17) is 21.1 Å². The van der Waals surface area contributed by atoms with E-state index in [1.807, 2.05) is 0 Å². The molecule has 1 aromatic rings. The highest BCUT2D eigenvalue weighted by atomic mass is 35.5. The van der Waals surface area contributed by atoms with Crippen molar-refractivity contribution in [3.05, 3.63) is 34.9 Å². The molecule has 24 heavy (non-hydrogen) atoms. The van der Waals surface area contributed by atoms with Crippen molar-refractivity contribution >= 4 is 23.5 Å². The average Bonchev–Trinajstić information content (AvgIpc) is 2.48. The molecule has 2 atom stereocenters. The Morgan fingerprint density at radius 3 is 2.58 bits per heavy atom. The fourth-order valence-corrected chi connectivity index (χ4v) is 3.35. The first-order valence-corrected chi connectivity index (χ1v) is 8.41. The summed E-state index contributed by atoms with van der Waals surface area (Å²) in [5, 5.41) is 3.21. The van der Waals surface area contributed by atoms with E-state index in [0.717, 1.165) is 6.42 Å². The molecule has 5 nitrogen and oxygen atoms in total. The number of amides is 1. The number of rotatable bonds is 3. The van der Waals surface area contributed by atoms with E-state index < -0.39 is 23.3 Å². The number of alkyl carbamates (subject to hydrolysis) is 1. The Kier molecular flexibility index (Phi) is 5.56. The lowest BCUT2D eigenvalue weighted by atomic mass is 9.74. The number of carbonyl (C=O) groups is 2. The van der Waals surface area contributed by atoms with Crippen LogP contribution in [0.4, 0.5) is 4.79 Å². The molecule has 0 heterocycles. The molecule has 6 heteroatoms. The molecule has 1 amide bonds. The second-order valence-electron chi connectivity index (χ2n) is 6.99. The summed E-state index contributed by atoms with van der Waals surface area (Å²) in [6.45, 7) is 5.32. The summed E-state index contributed by atoms with van der Waals surface area (Å²) in [5.74, 6) is -0.199. The predicted molar refractivity (Wildman–Crippen MR) is 92.2 cm³/mol. The molecule has 1 saturated carbocycles. The van der Waals surface area contributed by atoms with E-state index in [1.165, 1.54) is 7.11 Å². The van der Waals surface area contributed by atoms with Gasteiger partial charge in [0.05, 0.1) is 0 Å². The van der Waals surface area contributed by atoms with Crippen molar-refractivity contribution in [1.82, 2.24) is 5.32 Å². The summed E-state index contributed by atoms with van der Waals surface area (Å²) in [6.07, 6.45) is 0.578. The number of nitrogens with one attached hydrogen (secondary N) is 1. The standard InChI is InChI=1S/C18H24ClNO4/c1-17(2,3)24-16(22)20-18(12-8-5-6-9-13(12)19)11-7-10-14(23-4)15(18)21/h5-6,8-9,14H,7,10-11H2,1-4H3,(H,20,22). The number of halogens is 1. The van der Waals surface area contributed by atoms with Crippen molar-refractivity contribution < 1.29 is 19.1 Å². The minimum Gasteiger partial charge on any atom is -0.444 e. The van der Waals surface area contributed by atoms with Gasteiger partial charge in [-0.1, -0.05) is 29.8 Å². The molecular weight excluding hydrogens is 330 g/mol. The zero-order chi connectivity index (χ0) is 18.0. The average molecular weight is 354 g/mol. The number of Topliss-reactive ketones (excluding diaryl/α,β-unsaturated/α-hetero) is 1. The monoisotopic (exact) mass is 353 g/mol. The largest absolute Gasteiger partial charge is 0.444 e. The molecule has 0 radical (unpaired) electrons. The molecule has 132 valence electrons. The van der Waals surface area contributed by atoms with Crippen LogP contribution < -0.4 is 5.32 Å². The van der Waals surface area contributed by atoms with Gasteiger partial charge < -0.3 is 14.8 Å². The van der Waals surface area contributed by atoms with E-state index in [9.17, 15) is 9.59 Å². The molecule has 0 saturated heterocycles. The maximum absolute atomic E-state index is 13.1. The summed E-state index contributed by atoms with van der Waals surface area (Å²) in [7, 11) is 1.50. The Balaban J connectivity index is 2.44. The topological polar surface area (TPSA) is 64.6 Å². The molecule has 1 fully saturated rings. The van der Waals surface area contributed by atoms with Gasteiger partial charge in [0.1, 0.15) is 17.2 Å². The fourth-order valence-electron chi connectivity index (χ4n) is 3.05. The van der Waals surface area contributed by atoms with Crippen LogP contribution in [0.3, 0.4) is 0 Å². The highest BCUT2D eigenvalue weighted by molar-refractivity contribution is 6.31. The number of hydrogen-bond acceptors (Lipinski definition) is 4. The van der Waals surface area contributed by atoms with Crippen LogP contribution >= 0.6 is 11.6 Å². The number of methoxy groups -OCH3 is 1. The van der Waals surface area contributed by atoms with Gasteiger partial charge in [-0.25, -0.2) is 4.79 Å². The summed E-state index contributed by atoms with van der Waals surface area (Å²) in [6, 6.07) is 7.05. The first kappa shape index (κ1) is 18.7. The third-order valence-corrected chi connectivity index (χ3v) is 4.39. The van der Waals surface area contributed by atoms with Crippen molar-refractivity contribution in [1.29, 1.82) is 0 Å². The number of ketones is 1. The van der Waals surface area contributed by atoms with Crippen molar-refractivity contribution in [2.45, 2.75) is 57.3 Å². The van der Waals surface area contributed by atoms with Crippen LogP contribution in [0.25, 0.3) is 0 Å². The molecule has 1 aliphatic carbocycles. The van der Waals surface area contributed by atoms with E-state index in [1.54, 1.807) is 45.0 Å². The third kappa shape index (κ3) is 3.90. The third-order valence-electron chi connectivity index (χ3n) is 4.06. The van der Waals surface area contributed by atoms with E-state index >= 15 is 0 Å². The Morgan fingerprint density at radius 1 is 1.33 bits per heavy atom. The lowest BCUT2D eigenvalue weighted by Gasteiger charge is -2.40. The first-order chi connectivity index (χ1) is 11.2. The van der Waals surface area contributed by atoms with Gasteiger partial charge in [-0.3, -0.25) is 4.79 Å². The van der Waals surface area contributed by atoms with E-state index in [-0.39, 0.29) is 5.78 Å². The zero-order valence-electron chi connectivity index (χ0n) is 14.5. The quantitative estimate of drug-likeness (QED) is 0.897. The van der Waals surface area contributed by atoms with E-state index in [0.29, 0.717) is 23.4 Å². The predicted octanol–water partition coefficient (Wildman–Crippen LogP) is 3.83. The second kappa shape index (κ2) is 7.11. The van der Waals surface area contributed by atoms with Crippen LogP contribution in [0.1, 0.15) is 45.6 Å². The Labute approximate surface area is 147 Å². The molecule has 0 aromatic heterocycles. The maximum atomic E-state index is 13.1. The minimum atomic E-state index is -1.24. The highest BCUT2D eigenvalue weighted by Crippen LogP contribution is 2.39. The van der Waals surface area contributed by atoms with Crippen molar-refractivity contribution in [2.75, 3.05) is 7.11 Å². The Morgan fingerprint density at radius 2 is 2.00 bits per heavy atom. The molecular formula is C18H24ClNO4. The normalized spacial score (nSPS) is 24.5. The van der Waals surface area contributed by atoms with Gasteiger partial charge in [0.2, 0.25) is 0 Å². The number of benzene rings is 1. The highest BCUT2D eigenvalue weighted by Gasteiger charge is 2.49. The van der Waals surface area contributed by atoms with Gasteiger partial charge in [0, 0.05) is 17.7 Å². The van der Waals surface area contributed by atoms with Gasteiger partial charge in [-0.05, 0) is 46.1 Å². The Hall–Kier alpha value is -1.59. The minimum absolute atomic E-state index is 0.199. The van der Waals surface area contributed by atoms with Crippen molar-refractivity contribution in [3.63, 3.8) is 0 Å². The second-order valence-corrected chi connectivity index (χ2v) is 7.40. The van der Waals surface area contributed by atoms with Gasteiger partial charge >= 0.3 is 6.09 Å². The van der Waals surface area contributed by atoms with Crippen molar-refractivity contribution in [3.8, 4) is 0 Å². The Bertz CT molecular complexity index is 626. The van der Waals surface area contributed by atoms with Crippen LogP contribution in [0.5, 0.6) is 0 Å². The first-order valence-electron chi connectivity index (χ1n) is 8.03. The number of ether oxygens (including phenoxy) is 2.